The molecule has 1 unspecified atom stereocenters. The minimum atomic E-state index is -0.242. The SMILES string of the molecule is COC(C)c1nc(CN(C)C(=O)CCn2nc3ccccn3c2=O)cs1. The first kappa shape index (κ1) is 18.3. The summed E-state index contributed by atoms with van der Waals surface area (Å²) in [5.74, 6) is -0.0664. The zero-order valence-corrected chi connectivity index (χ0v) is 15.8. The first-order valence-corrected chi connectivity index (χ1v) is 9.13. The van der Waals surface area contributed by atoms with Crippen molar-refractivity contribution >= 4 is 22.9 Å². The third kappa shape index (κ3) is 3.83. The quantitative estimate of drug-likeness (QED) is 0.628. The smallest absolute Gasteiger partial charge is 0.350 e. The Hall–Kier alpha value is -2.52. The maximum atomic E-state index is 12.4. The van der Waals surface area contributed by atoms with E-state index in [-0.39, 0.29) is 30.7 Å². The molecule has 0 aromatic carbocycles. The van der Waals surface area contributed by atoms with Gasteiger partial charge in [0.2, 0.25) is 5.91 Å². The number of hydrogen-bond donors (Lipinski definition) is 0. The summed E-state index contributed by atoms with van der Waals surface area (Å²) >= 11 is 1.52. The van der Waals surface area contributed by atoms with E-state index in [0.29, 0.717) is 12.2 Å². The van der Waals surface area contributed by atoms with Crippen molar-refractivity contribution in [3.05, 3.63) is 51.0 Å². The molecule has 0 saturated carbocycles. The lowest BCUT2D eigenvalue weighted by Gasteiger charge is -2.15. The molecule has 0 N–H and O–H groups in total. The summed E-state index contributed by atoms with van der Waals surface area (Å²) in [6.45, 7) is 2.60. The molecule has 1 atom stereocenters. The van der Waals surface area contributed by atoms with E-state index in [1.807, 2.05) is 18.4 Å². The molecule has 0 spiro atoms. The number of ether oxygens (including phenoxy) is 1. The Labute approximate surface area is 154 Å². The summed E-state index contributed by atoms with van der Waals surface area (Å²) in [6.07, 6.45) is 1.80. The van der Waals surface area contributed by atoms with Gasteiger partial charge in [0.25, 0.3) is 0 Å². The standard InChI is InChI=1S/C17H21N5O3S/c1-12(25-3)16-18-13(11-26-16)10-20(2)15(23)7-9-22-17(24)21-8-5-4-6-14(21)19-22/h4-6,8,11-12H,7,9-10H2,1-3H3. The first-order valence-electron chi connectivity index (χ1n) is 8.25. The Morgan fingerprint density at radius 2 is 2.23 bits per heavy atom. The highest BCUT2D eigenvalue weighted by Crippen LogP contribution is 2.21. The van der Waals surface area contributed by atoms with Crippen LogP contribution in [0.25, 0.3) is 5.65 Å². The number of rotatable bonds is 7. The van der Waals surface area contributed by atoms with E-state index in [9.17, 15) is 9.59 Å². The van der Waals surface area contributed by atoms with Crippen molar-refractivity contribution in [1.82, 2.24) is 24.1 Å². The van der Waals surface area contributed by atoms with Gasteiger partial charge in [0.1, 0.15) is 11.1 Å². The lowest BCUT2D eigenvalue weighted by molar-refractivity contribution is -0.130. The maximum absolute atomic E-state index is 12.4. The number of nitrogens with zero attached hydrogens (tertiary/aromatic N) is 5. The fourth-order valence-corrected chi connectivity index (χ4v) is 3.36. The second-order valence-corrected chi connectivity index (χ2v) is 6.88. The molecule has 26 heavy (non-hydrogen) atoms. The Morgan fingerprint density at radius 3 is 2.96 bits per heavy atom. The molecular weight excluding hydrogens is 354 g/mol. The van der Waals surface area contributed by atoms with Crippen molar-refractivity contribution in [1.29, 1.82) is 0 Å². The van der Waals surface area contributed by atoms with Crippen molar-refractivity contribution in [3.63, 3.8) is 0 Å². The number of pyridine rings is 1. The molecule has 0 aliphatic carbocycles. The van der Waals surface area contributed by atoms with Gasteiger partial charge in [0.05, 0.1) is 18.8 Å². The Bertz CT molecular complexity index is 961. The zero-order valence-electron chi connectivity index (χ0n) is 15.0. The molecule has 0 fully saturated rings. The summed E-state index contributed by atoms with van der Waals surface area (Å²) in [6, 6.07) is 5.34. The van der Waals surface area contributed by atoms with Crippen LogP contribution in [0.5, 0.6) is 0 Å². The normalized spacial score (nSPS) is 12.4. The van der Waals surface area contributed by atoms with Crippen LogP contribution in [0.15, 0.2) is 34.6 Å². The lowest BCUT2D eigenvalue weighted by atomic mass is 10.3. The molecule has 0 radical (unpaired) electrons. The van der Waals surface area contributed by atoms with Crippen LogP contribution < -0.4 is 5.69 Å². The highest BCUT2D eigenvalue weighted by Gasteiger charge is 2.15. The fourth-order valence-electron chi connectivity index (χ4n) is 2.52. The van der Waals surface area contributed by atoms with Crippen LogP contribution in [0, 0.1) is 0 Å². The summed E-state index contributed by atoms with van der Waals surface area (Å²) < 4.78 is 8.03. The molecule has 0 bridgehead atoms. The summed E-state index contributed by atoms with van der Waals surface area (Å²) in [7, 11) is 3.37. The summed E-state index contributed by atoms with van der Waals surface area (Å²) in [5.41, 5.74) is 1.16. The molecule has 3 heterocycles. The van der Waals surface area contributed by atoms with Gasteiger partial charge in [-0.15, -0.1) is 16.4 Å². The molecular formula is C17H21N5O3S. The van der Waals surface area contributed by atoms with E-state index in [1.165, 1.54) is 20.4 Å². The van der Waals surface area contributed by atoms with Gasteiger partial charge >= 0.3 is 5.69 Å². The molecule has 0 aliphatic heterocycles. The van der Waals surface area contributed by atoms with Crippen LogP contribution in [-0.2, 0) is 22.6 Å². The minimum Gasteiger partial charge on any atom is -0.375 e. The topological polar surface area (TPSA) is 81.7 Å². The van der Waals surface area contributed by atoms with E-state index < -0.39 is 0 Å². The van der Waals surface area contributed by atoms with E-state index in [2.05, 4.69) is 10.1 Å². The number of aromatic nitrogens is 4. The van der Waals surface area contributed by atoms with Crippen LogP contribution in [-0.4, -0.2) is 44.1 Å². The van der Waals surface area contributed by atoms with Crippen molar-refractivity contribution in [2.75, 3.05) is 14.2 Å². The van der Waals surface area contributed by atoms with E-state index in [0.717, 1.165) is 10.7 Å². The minimum absolute atomic E-state index is 0.0586. The van der Waals surface area contributed by atoms with Crippen LogP contribution in [0.1, 0.15) is 30.2 Å². The Kier molecular flexibility index (Phi) is 5.48. The molecule has 0 saturated heterocycles. The van der Waals surface area contributed by atoms with Crippen molar-refractivity contribution in [3.8, 4) is 0 Å². The van der Waals surface area contributed by atoms with Crippen molar-refractivity contribution in [2.24, 2.45) is 0 Å². The average Bonchev–Trinajstić information content (AvgIpc) is 3.24. The van der Waals surface area contributed by atoms with E-state index >= 15 is 0 Å². The van der Waals surface area contributed by atoms with Gasteiger partial charge in [-0.1, -0.05) is 6.07 Å². The number of aryl methyl sites for hydroxylation is 1. The van der Waals surface area contributed by atoms with Gasteiger partial charge in [-0.2, -0.15) is 0 Å². The number of carbonyl (C=O) groups excluding carboxylic acids is 1. The predicted octanol–water partition coefficient (Wildman–Crippen LogP) is 1.71. The number of methoxy groups -OCH3 is 1. The van der Waals surface area contributed by atoms with Gasteiger partial charge in [-0.25, -0.2) is 14.5 Å². The summed E-state index contributed by atoms with van der Waals surface area (Å²) in [4.78, 5) is 30.7. The monoisotopic (exact) mass is 375 g/mol. The third-order valence-corrected chi connectivity index (χ3v) is 5.18. The number of hydrogen-bond acceptors (Lipinski definition) is 6. The second-order valence-electron chi connectivity index (χ2n) is 5.99. The molecule has 3 rings (SSSR count). The molecule has 3 aromatic heterocycles. The van der Waals surface area contributed by atoms with Crippen molar-refractivity contribution < 1.29 is 9.53 Å². The number of carbonyl (C=O) groups is 1. The molecule has 1 amide bonds. The Morgan fingerprint density at radius 1 is 1.42 bits per heavy atom. The zero-order chi connectivity index (χ0) is 18.7. The summed E-state index contributed by atoms with van der Waals surface area (Å²) in [5, 5.41) is 7.05. The molecule has 0 aliphatic rings. The van der Waals surface area contributed by atoms with Gasteiger partial charge in [0.15, 0.2) is 5.65 Å². The third-order valence-electron chi connectivity index (χ3n) is 4.12. The average molecular weight is 375 g/mol. The van der Waals surface area contributed by atoms with Crippen LogP contribution in [0.3, 0.4) is 0 Å². The van der Waals surface area contributed by atoms with Crippen LogP contribution >= 0.6 is 11.3 Å². The largest absolute Gasteiger partial charge is 0.375 e. The highest BCUT2D eigenvalue weighted by atomic mass is 32.1. The van der Waals surface area contributed by atoms with E-state index in [4.69, 9.17) is 4.74 Å². The number of thiazole rings is 1. The van der Waals surface area contributed by atoms with Gasteiger partial charge in [0, 0.05) is 32.2 Å². The highest BCUT2D eigenvalue weighted by molar-refractivity contribution is 7.09. The molecule has 8 nitrogen and oxygen atoms in total. The van der Waals surface area contributed by atoms with Gasteiger partial charge < -0.3 is 9.64 Å². The van der Waals surface area contributed by atoms with Crippen LogP contribution in [0.4, 0.5) is 0 Å². The first-order chi connectivity index (χ1) is 12.5. The second kappa shape index (κ2) is 7.79. The van der Waals surface area contributed by atoms with Gasteiger partial charge in [-0.05, 0) is 19.1 Å². The number of amides is 1. The van der Waals surface area contributed by atoms with E-state index in [1.54, 1.807) is 37.4 Å². The number of fused-ring (bicyclic) bond motifs is 1. The maximum Gasteiger partial charge on any atom is 0.350 e. The Balaban J connectivity index is 1.59. The molecule has 9 heteroatoms. The lowest BCUT2D eigenvalue weighted by Crippen LogP contribution is -2.29. The molecule has 3 aromatic rings. The predicted molar refractivity (Wildman–Crippen MR) is 98.1 cm³/mol. The van der Waals surface area contributed by atoms with Crippen molar-refractivity contribution in [2.45, 2.75) is 32.5 Å². The van der Waals surface area contributed by atoms with Gasteiger partial charge in [-0.3, -0.25) is 9.20 Å². The van der Waals surface area contributed by atoms with Crippen LogP contribution in [0.2, 0.25) is 0 Å². The fraction of sp³-hybridized carbons (Fsp3) is 0.412. The molecule has 138 valence electrons.